The van der Waals surface area contributed by atoms with Crippen LogP contribution in [0.1, 0.15) is 30.4 Å². The number of benzene rings is 1. The van der Waals surface area contributed by atoms with E-state index in [1.165, 1.54) is 32.2 Å². The van der Waals surface area contributed by atoms with Gasteiger partial charge in [-0.3, -0.25) is 28.9 Å². The van der Waals surface area contributed by atoms with E-state index in [0.717, 1.165) is 0 Å². The summed E-state index contributed by atoms with van der Waals surface area (Å²) in [6.07, 6.45) is -0.331. The number of carbonyl (C=O) groups excluding carboxylic acids is 5. The fourth-order valence-corrected chi connectivity index (χ4v) is 5.85. The number of anilines is 1. The fourth-order valence-electron chi connectivity index (χ4n) is 5.85. The molecule has 0 aromatic heterocycles. The number of methoxy groups -OCH3 is 1. The predicted octanol–water partition coefficient (Wildman–Crippen LogP) is -0.144. The molecule has 0 heterocycles. The van der Waals surface area contributed by atoms with Crippen molar-refractivity contribution >= 4 is 40.8 Å². The standard InChI is InChI=1S/C26H29N3O10/c1-29(2)19-12-9-11-8-10-4-5-13(28-14(30)6-7-15(31)39-3)20(32)16(10)21(33)17(11)23(35)26(12,38)24(36)18(22(19)34)25(27)37/h4-5,11-12,19,32-33,36,38H,6-9H2,1-3H3,(H2,27,37)(H,28,30)/t11-,12+,19+,26-/m0/s1. The Labute approximate surface area is 222 Å². The quantitative estimate of drug-likeness (QED) is 0.158. The highest BCUT2D eigenvalue weighted by Crippen LogP contribution is 2.53. The molecule has 4 atom stereocenters. The molecule has 0 spiro atoms. The first kappa shape index (κ1) is 27.8. The van der Waals surface area contributed by atoms with Crippen molar-refractivity contribution in [2.75, 3.05) is 26.5 Å². The fraction of sp³-hybridized carbons (Fsp3) is 0.423. The Hall–Kier alpha value is -4.23. The van der Waals surface area contributed by atoms with E-state index in [1.54, 1.807) is 6.07 Å². The molecule has 0 aliphatic heterocycles. The molecular weight excluding hydrogens is 514 g/mol. The van der Waals surface area contributed by atoms with Crippen molar-refractivity contribution in [3.63, 3.8) is 0 Å². The monoisotopic (exact) mass is 543 g/mol. The van der Waals surface area contributed by atoms with Gasteiger partial charge in [0.15, 0.2) is 11.4 Å². The molecule has 1 aromatic carbocycles. The van der Waals surface area contributed by atoms with Crippen molar-refractivity contribution in [3.8, 4) is 5.75 Å². The van der Waals surface area contributed by atoms with E-state index in [2.05, 4.69) is 10.1 Å². The number of primary amides is 1. The van der Waals surface area contributed by atoms with E-state index in [-0.39, 0.29) is 42.5 Å². The number of aliphatic hydroxyl groups excluding tert-OH is 2. The number of ketones is 2. The number of rotatable bonds is 6. The van der Waals surface area contributed by atoms with Gasteiger partial charge in [0, 0.05) is 17.9 Å². The number of aromatic hydroxyl groups is 1. The number of aliphatic hydroxyl groups is 3. The SMILES string of the molecule is COC(=O)CCC(=O)Nc1ccc2c(c1O)C(O)=C1C(=O)[C@]3(O)C(O)=C(C(N)=O)C(=O)[C@H](N(C)C)[C@H]3C[C@@H]1C2. The number of ether oxygens (including phenoxy) is 1. The van der Waals surface area contributed by atoms with Crippen LogP contribution in [0.4, 0.5) is 5.69 Å². The number of hydrogen-bond acceptors (Lipinski definition) is 11. The number of esters is 1. The molecule has 0 bridgehead atoms. The summed E-state index contributed by atoms with van der Waals surface area (Å²) in [6.45, 7) is 0. The first-order valence-corrected chi connectivity index (χ1v) is 12.1. The first-order chi connectivity index (χ1) is 18.2. The van der Waals surface area contributed by atoms with Crippen LogP contribution in [0.2, 0.25) is 0 Å². The zero-order valence-electron chi connectivity index (χ0n) is 21.5. The third kappa shape index (κ3) is 4.23. The van der Waals surface area contributed by atoms with E-state index in [4.69, 9.17) is 5.73 Å². The number of phenols is 1. The van der Waals surface area contributed by atoms with Gasteiger partial charge in [-0.15, -0.1) is 0 Å². The number of fused-ring (bicyclic) bond motifs is 3. The maximum Gasteiger partial charge on any atom is 0.306 e. The minimum absolute atomic E-state index is 0.0292. The third-order valence-electron chi connectivity index (χ3n) is 7.65. The molecule has 2 amide bonds. The summed E-state index contributed by atoms with van der Waals surface area (Å²) < 4.78 is 4.49. The van der Waals surface area contributed by atoms with E-state index in [9.17, 15) is 44.4 Å². The molecule has 13 heteroatoms. The minimum Gasteiger partial charge on any atom is -0.508 e. The maximum atomic E-state index is 13.8. The molecule has 3 aliphatic carbocycles. The summed E-state index contributed by atoms with van der Waals surface area (Å²) in [5.41, 5.74) is 1.57. The van der Waals surface area contributed by atoms with Crippen molar-refractivity contribution in [1.29, 1.82) is 0 Å². The Bertz CT molecular complexity index is 1380. The van der Waals surface area contributed by atoms with Gasteiger partial charge in [0.05, 0.1) is 30.8 Å². The van der Waals surface area contributed by atoms with Gasteiger partial charge in [0.1, 0.15) is 22.8 Å². The van der Waals surface area contributed by atoms with E-state index >= 15 is 0 Å². The van der Waals surface area contributed by atoms with Gasteiger partial charge in [-0.05, 0) is 44.5 Å². The molecule has 0 radical (unpaired) electrons. The third-order valence-corrected chi connectivity index (χ3v) is 7.65. The molecular formula is C26H29N3O10. The van der Waals surface area contributed by atoms with Crippen LogP contribution in [0.15, 0.2) is 29.0 Å². The predicted molar refractivity (Wildman–Crippen MR) is 134 cm³/mol. The Kier molecular flexibility index (Phi) is 7.00. The summed E-state index contributed by atoms with van der Waals surface area (Å²) >= 11 is 0. The van der Waals surface area contributed by atoms with Crippen molar-refractivity contribution in [2.24, 2.45) is 17.6 Å². The summed E-state index contributed by atoms with van der Waals surface area (Å²) in [4.78, 5) is 63.9. The van der Waals surface area contributed by atoms with E-state index in [0.29, 0.717) is 5.56 Å². The topological polar surface area (TPSA) is 217 Å². The summed E-state index contributed by atoms with van der Waals surface area (Å²) in [5.74, 6) is -8.75. The number of Topliss-reactive ketones (excluding diaryl/α,β-unsaturated/α-hetero) is 2. The van der Waals surface area contributed by atoms with Gasteiger partial charge in [0.2, 0.25) is 11.7 Å². The molecule has 4 rings (SSSR count). The van der Waals surface area contributed by atoms with Crippen LogP contribution < -0.4 is 11.1 Å². The molecule has 208 valence electrons. The highest BCUT2D eigenvalue weighted by Gasteiger charge is 2.64. The summed E-state index contributed by atoms with van der Waals surface area (Å²) in [6, 6.07) is 1.78. The molecule has 1 saturated carbocycles. The van der Waals surface area contributed by atoms with Crippen molar-refractivity contribution < 1.29 is 49.1 Å². The Morgan fingerprint density at radius 2 is 1.82 bits per heavy atom. The van der Waals surface area contributed by atoms with Gasteiger partial charge in [0.25, 0.3) is 5.91 Å². The van der Waals surface area contributed by atoms with Crippen LogP contribution in [-0.4, -0.2) is 87.5 Å². The molecule has 39 heavy (non-hydrogen) atoms. The van der Waals surface area contributed by atoms with Crippen LogP contribution in [0.5, 0.6) is 5.75 Å². The van der Waals surface area contributed by atoms with Crippen molar-refractivity contribution in [2.45, 2.75) is 37.3 Å². The number of amides is 2. The number of hydrogen-bond donors (Lipinski definition) is 6. The van der Waals surface area contributed by atoms with Crippen molar-refractivity contribution in [1.82, 2.24) is 4.90 Å². The first-order valence-electron chi connectivity index (χ1n) is 12.1. The molecule has 0 saturated heterocycles. The summed E-state index contributed by atoms with van der Waals surface area (Å²) in [7, 11) is 4.22. The maximum absolute atomic E-state index is 13.8. The highest BCUT2D eigenvalue weighted by atomic mass is 16.5. The number of nitrogens with zero attached hydrogens (tertiary/aromatic N) is 1. The molecule has 1 fully saturated rings. The van der Waals surface area contributed by atoms with E-state index in [1.807, 2.05) is 0 Å². The zero-order valence-corrected chi connectivity index (χ0v) is 21.5. The zero-order chi connectivity index (χ0) is 29.0. The smallest absolute Gasteiger partial charge is 0.306 e. The summed E-state index contributed by atoms with van der Waals surface area (Å²) in [5, 5.41) is 47.0. The number of phenolic OH excluding ortho intramolecular Hbond substituents is 1. The normalized spacial score (nSPS) is 26.1. The molecule has 1 aromatic rings. The molecule has 3 aliphatic rings. The van der Waals surface area contributed by atoms with Crippen LogP contribution in [-0.2, 0) is 35.1 Å². The lowest BCUT2D eigenvalue weighted by atomic mass is 9.57. The molecule has 7 N–H and O–H groups in total. The van der Waals surface area contributed by atoms with Crippen molar-refractivity contribution in [3.05, 3.63) is 40.2 Å². The van der Waals surface area contributed by atoms with Crippen LogP contribution in [0.3, 0.4) is 0 Å². The highest BCUT2D eigenvalue weighted by molar-refractivity contribution is 6.24. The molecule has 13 nitrogen and oxygen atoms in total. The van der Waals surface area contributed by atoms with E-state index < -0.39 is 75.7 Å². The minimum atomic E-state index is -2.74. The van der Waals surface area contributed by atoms with Crippen LogP contribution in [0.25, 0.3) is 5.76 Å². The largest absolute Gasteiger partial charge is 0.508 e. The lowest BCUT2D eigenvalue weighted by molar-refractivity contribution is -0.153. The second kappa shape index (κ2) is 9.82. The number of carbonyl (C=O) groups is 5. The van der Waals surface area contributed by atoms with Gasteiger partial charge >= 0.3 is 5.97 Å². The number of nitrogens with one attached hydrogen (secondary N) is 1. The van der Waals surface area contributed by atoms with Gasteiger partial charge in [-0.1, -0.05) is 6.07 Å². The van der Waals surface area contributed by atoms with Gasteiger partial charge in [-0.25, -0.2) is 0 Å². The average Bonchev–Trinajstić information content (AvgIpc) is 2.86. The lowest BCUT2D eigenvalue weighted by Gasteiger charge is -2.50. The second-order valence-electron chi connectivity index (χ2n) is 10.1. The van der Waals surface area contributed by atoms with Crippen LogP contribution >= 0.6 is 0 Å². The van der Waals surface area contributed by atoms with Gasteiger partial charge < -0.3 is 36.2 Å². The average molecular weight is 544 g/mol. The Balaban J connectivity index is 1.79. The molecule has 0 unspecified atom stereocenters. The number of likely N-dealkylation sites (N-methyl/N-ethyl adjacent to an activating group) is 1. The number of nitrogens with two attached hydrogens (primary N) is 1. The Morgan fingerprint density at radius 3 is 2.41 bits per heavy atom. The lowest BCUT2D eigenvalue weighted by Crippen LogP contribution is -2.65. The van der Waals surface area contributed by atoms with Gasteiger partial charge in [-0.2, -0.15) is 0 Å². The second-order valence-corrected chi connectivity index (χ2v) is 10.1. The van der Waals surface area contributed by atoms with Crippen LogP contribution in [0, 0.1) is 11.8 Å². The Morgan fingerprint density at radius 1 is 1.15 bits per heavy atom.